The first kappa shape index (κ1) is 33.9. The molecule has 3 heteroatoms. The molecule has 14 aromatic rings. The molecule has 0 aliphatic rings. The van der Waals surface area contributed by atoms with Crippen molar-refractivity contribution >= 4 is 138 Å². The average molecular weight is 825 g/mol. The van der Waals surface area contributed by atoms with Crippen LogP contribution < -0.4 is 0 Å². The van der Waals surface area contributed by atoms with Crippen LogP contribution in [0, 0.1) is 0 Å². The minimum atomic E-state index is 1.26. The van der Waals surface area contributed by atoms with Gasteiger partial charge in [0.25, 0.3) is 0 Å². The van der Waals surface area contributed by atoms with E-state index in [4.69, 9.17) is 0 Å². The number of hydrogen-bond donors (Lipinski definition) is 0. The lowest BCUT2D eigenvalue weighted by Gasteiger charge is -2.18. The maximum atomic E-state index is 2.44. The van der Waals surface area contributed by atoms with Crippen molar-refractivity contribution in [1.82, 2.24) is 0 Å². The third-order valence-electron chi connectivity index (χ3n) is 13.0. The predicted molar refractivity (Wildman–Crippen MR) is 271 cm³/mol. The largest absolute Gasteiger partial charge is 0.135 e. The summed E-state index contributed by atoms with van der Waals surface area (Å²) in [5.41, 5.74) is 7.68. The zero-order chi connectivity index (χ0) is 39.8. The van der Waals surface area contributed by atoms with Crippen LogP contribution in [0.5, 0.6) is 0 Å². The molecule has 0 saturated heterocycles. The van der Waals surface area contributed by atoms with Crippen LogP contribution in [0.3, 0.4) is 0 Å². The molecule has 0 bridgehead atoms. The zero-order valence-electron chi connectivity index (χ0n) is 32.7. The monoisotopic (exact) mass is 824 g/mol. The molecule has 0 fully saturated rings. The van der Waals surface area contributed by atoms with E-state index in [1.807, 2.05) is 34.0 Å². The molecule has 0 aliphatic carbocycles. The molecule has 0 aliphatic heterocycles. The van der Waals surface area contributed by atoms with Gasteiger partial charge in [0.1, 0.15) is 0 Å². The summed E-state index contributed by atoms with van der Waals surface area (Å²) in [6, 6.07) is 73.1. The summed E-state index contributed by atoms with van der Waals surface area (Å²) in [6.45, 7) is 0. The van der Waals surface area contributed by atoms with Crippen molar-refractivity contribution in [2.45, 2.75) is 0 Å². The van der Waals surface area contributed by atoms with Gasteiger partial charge in [0.15, 0.2) is 0 Å². The van der Waals surface area contributed by atoms with Gasteiger partial charge < -0.3 is 0 Å². The lowest BCUT2D eigenvalue weighted by Crippen LogP contribution is -1.91. The molecule has 0 radical (unpaired) electrons. The standard InChI is InChI=1S/C58H32S3/c1-2-14-37-33(11-1)12-9-21-41(37)58-44-18-5-3-16-42(44)57(43-17-4-6-19-45(43)58)36-23-25-40-47-28-35(24-26-52(47)60-53(40)29-36)38-20-10-13-34-27-48-50-30-49-39-15-7-8-22-51(39)59-55(49)32-56(50)61-54(48)31-46(34)38/h1-32H. The van der Waals surface area contributed by atoms with Crippen LogP contribution in [0.2, 0.25) is 0 Å². The van der Waals surface area contributed by atoms with E-state index in [9.17, 15) is 0 Å². The highest BCUT2D eigenvalue weighted by Gasteiger charge is 2.19. The second-order valence-corrected chi connectivity index (χ2v) is 19.6. The molecule has 0 amide bonds. The summed E-state index contributed by atoms with van der Waals surface area (Å²) in [6.07, 6.45) is 0. The second kappa shape index (κ2) is 12.8. The Kier molecular flexibility index (Phi) is 7.12. The van der Waals surface area contributed by atoms with Gasteiger partial charge in [-0.3, -0.25) is 0 Å². The van der Waals surface area contributed by atoms with E-state index in [1.54, 1.807) is 0 Å². The van der Waals surface area contributed by atoms with E-state index in [2.05, 4.69) is 194 Å². The summed E-state index contributed by atoms with van der Waals surface area (Å²) >= 11 is 5.72. The first-order valence-corrected chi connectivity index (χ1v) is 23.3. The van der Waals surface area contributed by atoms with Gasteiger partial charge in [0.05, 0.1) is 0 Å². The topological polar surface area (TPSA) is 0 Å². The van der Waals surface area contributed by atoms with E-state index >= 15 is 0 Å². The summed E-state index contributed by atoms with van der Waals surface area (Å²) in [7, 11) is 0. The van der Waals surface area contributed by atoms with Crippen molar-refractivity contribution in [3.8, 4) is 33.4 Å². The Balaban J connectivity index is 0.916. The summed E-state index contributed by atoms with van der Waals surface area (Å²) in [5, 5.41) is 18.3. The molecule has 61 heavy (non-hydrogen) atoms. The third-order valence-corrected chi connectivity index (χ3v) is 16.4. The van der Waals surface area contributed by atoms with Crippen molar-refractivity contribution < 1.29 is 0 Å². The molecule has 0 N–H and O–H groups in total. The van der Waals surface area contributed by atoms with Crippen molar-refractivity contribution in [1.29, 1.82) is 0 Å². The number of hydrogen-bond acceptors (Lipinski definition) is 3. The quantitative estimate of drug-likeness (QED) is 0.156. The van der Waals surface area contributed by atoms with E-state index in [0.29, 0.717) is 0 Å². The number of benzene rings is 11. The molecule has 0 atom stereocenters. The maximum Gasteiger partial charge on any atom is 0.0369 e. The van der Waals surface area contributed by atoms with Gasteiger partial charge in [-0.05, 0) is 125 Å². The third kappa shape index (κ3) is 4.97. The zero-order valence-corrected chi connectivity index (χ0v) is 35.1. The van der Waals surface area contributed by atoms with Crippen molar-refractivity contribution in [2.24, 2.45) is 0 Å². The van der Waals surface area contributed by atoms with Gasteiger partial charge in [0, 0.05) is 60.5 Å². The lowest BCUT2D eigenvalue weighted by atomic mass is 9.84. The number of rotatable bonds is 3. The molecule has 0 unspecified atom stereocenters. The van der Waals surface area contributed by atoms with Crippen molar-refractivity contribution in [3.63, 3.8) is 0 Å². The molecule has 14 rings (SSSR count). The number of fused-ring (bicyclic) bond motifs is 13. The minimum Gasteiger partial charge on any atom is -0.135 e. The molecule has 3 heterocycles. The van der Waals surface area contributed by atoms with Crippen molar-refractivity contribution in [3.05, 3.63) is 194 Å². The van der Waals surface area contributed by atoms with Crippen LogP contribution in [0.1, 0.15) is 0 Å². The fourth-order valence-corrected chi connectivity index (χ4v) is 13.8. The smallest absolute Gasteiger partial charge is 0.0369 e. The van der Waals surface area contributed by atoms with E-state index < -0.39 is 0 Å². The Hall–Kier alpha value is -6.88. The van der Waals surface area contributed by atoms with Gasteiger partial charge in [-0.25, -0.2) is 0 Å². The minimum absolute atomic E-state index is 1.26. The highest BCUT2D eigenvalue weighted by atomic mass is 32.1. The Bertz CT molecular complexity index is 4110. The van der Waals surface area contributed by atoms with Crippen LogP contribution >= 0.6 is 34.0 Å². The fraction of sp³-hybridized carbons (Fsp3) is 0. The predicted octanol–water partition coefficient (Wildman–Crippen LogP) is 18.4. The average Bonchev–Trinajstić information content (AvgIpc) is 3.98. The highest BCUT2D eigenvalue weighted by Crippen LogP contribution is 2.48. The van der Waals surface area contributed by atoms with Crippen LogP contribution in [0.25, 0.3) is 137 Å². The Morgan fingerprint density at radius 2 is 0.721 bits per heavy atom. The first-order chi connectivity index (χ1) is 30.2. The SMILES string of the molecule is c1cc(-c2ccc3sc4cc(-c5c6ccccc6c(-c6cccc7ccccc67)c6ccccc56)ccc4c3c2)c2cc3sc4cc5sc6ccccc6c5cc4c3cc2c1. The van der Waals surface area contributed by atoms with Crippen LogP contribution in [0.4, 0.5) is 0 Å². The summed E-state index contributed by atoms with van der Waals surface area (Å²) in [5.74, 6) is 0. The lowest BCUT2D eigenvalue weighted by molar-refractivity contribution is 1.69. The van der Waals surface area contributed by atoms with Crippen molar-refractivity contribution in [2.75, 3.05) is 0 Å². The molecule has 0 nitrogen and oxygen atoms in total. The van der Waals surface area contributed by atoms with Gasteiger partial charge in [-0.1, -0.05) is 146 Å². The normalized spacial score (nSPS) is 12.3. The van der Waals surface area contributed by atoms with Gasteiger partial charge >= 0.3 is 0 Å². The van der Waals surface area contributed by atoms with E-state index in [-0.39, 0.29) is 0 Å². The van der Waals surface area contributed by atoms with Gasteiger partial charge in [-0.15, -0.1) is 34.0 Å². The molecule has 3 aromatic heterocycles. The Labute approximate surface area is 362 Å². The van der Waals surface area contributed by atoms with Gasteiger partial charge in [-0.2, -0.15) is 0 Å². The summed E-state index contributed by atoms with van der Waals surface area (Å²) in [4.78, 5) is 0. The molecule has 0 spiro atoms. The Morgan fingerprint density at radius 1 is 0.213 bits per heavy atom. The van der Waals surface area contributed by atoms with E-state index in [0.717, 1.165) is 0 Å². The Morgan fingerprint density at radius 3 is 1.51 bits per heavy atom. The van der Waals surface area contributed by atoms with Crippen LogP contribution in [0.15, 0.2) is 194 Å². The van der Waals surface area contributed by atoms with E-state index in [1.165, 1.54) is 137 Å². The van der Waals surface area contributed by atoms with Crippen LogP contribution in [-0.2, 0) is 0 Å². The highest BCUT2D eigenvalue weighted by molar-refractivity contribution is 7.28. The molecular weight excluding hydrogens is 793 g/mol. The summed E-state index contributed by atoms with van der Waals surface area (Å²) < 4.78 is 8.06. The number of thiophene rings is 3. The molecular formula is C58H32S3. The maximum absolute atomic E-state index is 2.44. The molecule has 0 saturated carbocycles. The second-order valence-electron chi connectivity index (χ2n) is 16.3. The molecule has 282 valence electrons. The van der Waals surface area contributed by atoms with Gasteiger partial charge in [0.2, 0.25) is 0 Å². The fourth-order valence-electron chi connectivity index (χ4n) is 10.3. The first-order valence-electron chi connectivity index (χ1n) is 20.8. The molecule has 11 aromatic carbocycles. The van der Waals surface area contributed by atoms with Crippen LogP contribution in [-0.4, -0.2) is 0 Å².